The molecule has 6 nitrogen and oxygen atoms in total. The second kappa shape index (κ2) is 7.15. The van der Waals surface area contributed by atoms with Crippen LogP contribution in [0, 0.1) is 0 Å². The summed E-state index contributed by atoms with van der Waals surface area (Å²) >= 11 is 0. The van der Waals surface area contributed by atoms with Crippen molar-refractivity contribution in [1.82, 2.24) is 5.43 Å². The molecule has 2 amide bonds. The normalized spacial score (nSPS) is 15.9. The Kier molecular flexibility index (Phi) is 4.90. The summed E-state index contributed by atoms with van der Waals surface area (Å²) in [5.74, 6) is 0.281. The van der Waals surface area contributed by atoms with E-state index in [1.807, 2.05) is 26.8 Å². The minimum absolute atomic E-state index is 0.0606. The number of amides is 2. The minimum atomic E-state index is -0.446. The number of hydrogen-bond acceptors (Lipinski definition) is 4. The molecular weight excluding hydrogens is 344 g/mol. The molecule has 0 saturated carbocycles. The highest BCUT2D eigenvalue weighted by atomic mass is 16.5. The Morgan fingerprint density at radius 2 is 1.70 bits per heavy atom. The van der Waals surface area contributed by atoms with E-state index in [1.54, 1.807) is 55.7 Å². The molecule has 0 bridgehead atoms. The summed E-state index contributed by atoms with van der Waals surface area (Å²) in [4.78, 5) is 24.9. The van der Waals surface area contributed by atoms with Gasteiger partial charge in [0, 0.05) is 0 Å². The van der Waals surface area contributed by atoms with E-state index < -0.39 is 11.8 Å². The maximum Gasteiger partial charge on any atom is 0.282 e. The van der Waals surface area contributed by atoms with Crippen LogP contribution in [0.5, 0.6) is 11.5 Å². The van der Waals surface area contributed by atoms with Crippen LogP contribution in [-0.4, -0.2) is 24.5 Å². The van der Waals surface area contributed by atoms with Gasteiger partial charge >= 0.3 is 0 Å². The van der Waals surface area contributed by atoms with Gasteiger partial charge in [0.15, 0.2) is 11.5 Å². The molecule has 140 valence electrons. The zero-order valence-corrected chi connectivity index (χ0v) is 15.8. The number of rotatable bonds is 4. The Bertz CT molecular complexity index is 898. The Morgan fingerprint density at radius 1 is 1.00 bits per heavy atom. The molecule has 0 aromatic heterocycles. The van der Waals surface area contributed by atoms with Crippen LogP contribution in [0.4, 0.5) is 5.69 Å². The van der Waals surface area contributed by atoms with Crippen LogP contribution in [0.2, 0.25) is 0 Å². The monoisotopic (exact) mass is 366 g/mol. The van der Waals surface area contributed by atoms with Crippen molar-refractivity contribution >= 4 is 23.6 Å². The van der Waals surface area contributed by atoms with Crippen LogP contribution in [0.3, 0.4) is 0 Å². The van der Waals surface area contributed by atoms with E-state index in [9.17, 15) is 9.59 Å². The molecule has 1 saturated heterocycles. The lowest BCUT2D eigenvalue weighted by Crippen LogP contribution is -2.35. The number of carbonyl (C=O) groups excluding carboxylic acids is 2. The highest BCUT2D eigenvalue weighted by Gasteiger charge is 2.34. The van der Waals surface area contributed by atoms with E-state index in [-0.39, 0.29) is 11.2 Å². The summed E-state index contributed by atoms with van der Waals surface area (Å²) in [6.07, 6.45) is 1.55. The van der Waals surface area contributed by atoms with Crippen LogP contribution >= 0.6 is 0 Å². The van der Waals surface area contributed by atoms with Crippen molar-refractivity contribution in [3.05, 3.63) is 59.7 Å². The molecule has 1 aliphatic rings. The van der Waals surface area contributed by atoms with Gasteiger partial charge in [0.05, 0.1) is 12.8 Å². The quantitative estimate of drug-likeness (QED) is 0.666. The number of anilines is 1. The van der Waals surface area contributed by atoms with E-state index in [4.69, 9.17) is 9.47 Å². The molecule has 2 aromatic carbocycles. The zero-order chi connectivity index (χ0) is 19.6. The average Bonchev–Trinajstić information content (AvgIpc) is 2.90. The lowest BCUT2D eigenvalue weighted by Gasteiger charge is -2.22. The lowest BCUT2D eigenvalue weighted by molar-refractivity contribution is -0.117. The van der Waals surface area contributed by atoms with Gasteiger partial charge in [0.25, 0.3) is 11.8 Å². The number of benzene rings is 2. The molecule has 0 unspecified atom stereocenters. The van der Waals surface area contributed by atoms with Crippen molar-refractivity contribution in [2.24, 2.45) is 0 Å². The van der Waals surface area contributed by atoms with Gasteiger partial charge in [-0.25, -0.2) is 5.01 Å². The number of nitrogens with one attached hydrogen (secondary N) is 1. The standard InChI is InChI=1S/C21H22N2O4/c1-21(2,3)27-17-11-10-14(13-18(17)26-4)12-16-19(24)22-23(20(16)25)15-8-6-5-7-9-15/h5-13H,1-4H3,(H,22,24). The fourth-order valence-electron chi connectivity index (χ4n) is 2.67. The summed E-state index contributed by atoms with van der Waals surface area (Å²) in [6, 6.07) is 14.2. The summed E-state index contributed by atoms with van der Waals surface area (Å²) in [6.45, 7) is 5.84. The molecule has 0 aliphatic carbocycles. The highest BCUT2D eigenvalue weighted by Crippen LogP contribution is 2.32. The van der Waals surface area contributed by atoms with Crippen molar-refractivity contribution in [2.45, 2.75) is 26.4 Å². The third kappa shape index (κ3) is 4.11. The summed E-state index contributed by atoms with van der Waals surface area (Å²) in [5.41, 5.74) is 3.54. The summed E-state index contributed by atoms with van der Waals surface area (Å²) in [5, 5.41) is 1.24. The lowest BCUT2D eigenvalue weighted by atomic mass is 10.1. The predicted octanol–water partition coefficient (Wildman–Crippen LogP) is 3.33. The van der Waals surface area contributed by atoms with E-state index in [1.165, 1.54) is 5.01 Å². The van der Waals surface area contributed by atoms with Gasteiger partial charge in [0.2, 0.25) is 0 Å². The maximum absolute atomic E-state index is 12.6. The number of ether oxygens (including phenoxy) is 2. The Morgan fingerprint density at radius 3 is 2.33 bits per heavy atom. The molecule has 1 aliphatic heterocycles. The Balaban J connectivity index is 1.90. The van der Waals surface area contributed by atoms with Gasteiger partial charge < -0.3 is 9.47 Å². The Labute approximate surface area is 158 Å². The topological polar surface area (TPSA) is 67.9 Å². The first-order valence-electron chi connectivity index (χ1n) is 8.58. The SMILES string of the molecule is COc1cc(C=C2C(=O)NN(c3ccccc3)C2=O)ccc1OC(C)(C)C. The molecule has 3 rings (SSSR count). The van der Waals surface area contributed by atoms with Gasteiger partial charge in [-0.3, -0.25) is 15.0 Å². The van der Waals surface area contributed by atoms with Crippen LogP contribution in [-0.2, 0) is 9.59 Å². The van der Waals surface area contributed by atoms with Crippen LogP contribution < -0.4 is 19.9 Å². The van der Waals surface area contributed by atoms with Crippen LogP contribution in [0.25, 0.3) is 6.08 Å². The van der Waals surface area contributed by atoms with Crippen molar-refractivity contribution in [3.63, 3.8) is 0 Å². The zero-order valence-electron chi connectivity index (χ0n) is 15.8. The van der Waals surface area contributed by atoms with Crippen molar-refractivity contribution in [2.75, 3.05) is 12.1 Å². The molecule has 2 aromatic rings. The van der Waals surface area contributed by atoms with Crippen molar-refractivity contribution < 1.29 is 19.1 Å². The maximum atomic E-state index is 12.6. The number of carbonyl (C=O) groups is 2. The molecule has 27 heavy (non-hydrogen) atoms. The first kappa shape index (κ1) is 18.5. The number of hydrogen-bond donors (Lipinski definition) is 1. The molecule has 6 heteroatoms. The number of methoxy groups -OCH3 is 1. The van der Waals surface area contributed by atoms with Crippen LogP contribution in [0.15, 0.2) is 54.1 Å². The van der Waals surface area contributed by atoms with Crippen molar-refractivity contribution in [1.29, 1.82) is 0 Å². The van der Waals surface area contributed by atoms with Gasteiger partial charge in [-0.15, -0.1) is 0 Å². The fourth-order valence-corrected chi connectivity index (χ4v) is 2.67. The van der Waals surface area contributed by atoms with Gasteiger partial charge in [-0.1, -0.05) is 24.3 Å². The summed E-state index contributed by atoms with van der Waals surface area (Å²) in [7, 11) is 1.55. The van der Waals surface area contributed by atoms with Gasteiger partial charge in [0.1, 0.15) is 11.2 Å². The molecule has 1 fully saturated rings. The third-order valence-corrected chi connectivity index (χ3v) is 3.82. The third-order valence-electron chi connectivity index (χ3n) is 3.82. The molecule has 0 radical (unpaired) electrons. The first-order chi connectivity index (χ1) is 12.8. The van der Waals surface area contributed by atoms with E-state index >= 15 is 0 Å². The second-order valence-electron chi connectivity index (χ2n) is 7.10. The molecule has 1 N–H and O–H groups in total. The van der Waals surface area contributed by atoms with Crippen LogP contribution in [0.1, 0.15) is 26.3 Å². The second-order valence-corrected chi connectivity index (χ2v) is 7.10. The van der Waals surface area contributed by atoms with E-state index in [0.717, 1.165) is 0 Å². The Hall–Kier alpha value is -3.28. The van der Waals surface area contributed by atoms with E-state index in [0.29, 0.717) is 22.7 Å². The largest absolute Gasteiger partial charge is 0.493 e. The smallest absolute Gasteiger partial charge is 0.282 e. The number of para-hydroxylation sites is 1. The highest BCUT2D eigenvalue weighted by molar-refractivity contribution is 6.31. The fraction of sp³-hybridized carbons (Fsp3) is 0.238. The summed E-state index contributed by atoms with van der Waals surface area (Å²) < 4.78 is 11.3. The van der Waals surface area contributed by atoms with Crippen molar-refractivity contribution in [3.8, 4) is 11.5 Å². The minimum Gasteiger partial charge on any atom is -0.493 e. The average molecular weight is 366 g/mol. The number of nitrogens with zero attached hydrogens (tertiary/aromatic N) is 1. The molecular formula is C21H22N2O4. The number of hydrazine groups is 1. The molecule has 0 atom stereocenters. The van der Waals surface area contributed by atoms with Gasteiger partial charge in [-0.05, 0) is 56.7 Å². The first-order valence-corrected chi connectivity index (χ1v) is 8.58. The molecule has 1 heterocycles. The van der Waals surface area contributed by atoms with Gasteiger partial charge in [-0.2, -0.15) is 0 Å². The predicted molar refractivity (Wildman–Crippen MR) is 103 cm³/mol. The molecule has 0 spiro atoms. The van der Waals surface area contributed by atoms with E-state index in [2.05, 4.69) is 5.43 Å².